The summed E-state index contributed by atoms with van der Waals surface area (Å²) in [5.74, 6) is 0.973. The lowest BCUT2D eigenvalue weighted by atomic mass is 10.2. The molecule has 2 aromatic heterocycles. The fourth-order valence-corrected chi connectivity index (χ4v) is 3.49. The van der Waals surface area contributed by atoms with Gasteiger partial charge in [-0.15, -0.1) is 0 Å². The van der Waals surface area contributed by atoms with Crippen molar-refractivity contribution in [3.63, 3.8) is 0 Å². The second-order valence-corrected chi connectivity index (χ2v) is 7.69. The number of nitrogens with one attached hydrogen (secondary N) is 1. The maximum atomic E-state index is 12.3. The number of aromatic nitrogens is 4. The topological polar surface area (TPSA) is 79.2 Å². The van der Waals surface area contributed by atoms with Gasteiger partial charge in [0, 0.05) is 69.3 Å². The first-order chi connectivity index (χ1) is 13.3. The predicted molar refractivity (Wildman–Crippen MR) is 110 cm³/mol. The second-order valence-electron chi connectivity index (χ2n) is 7.69. The van der Waals surface area contributed by atoms with Gasteiger partial charge in [-0.1, -0.05) is 0 Å². The summed E-state index contributed by atoms with van der Waals surface area (Å²) in [4.78, 5) is 25.1. The van der Waals surface area contributed by atoms with Gasteiger partial charge in [-0.25, -0.2) is 9.97 Å². The summed E-state index contributed by atoms with van der Waals surface area (Å²) in [6.45, 7) is 11.6. The van der Waals surface area contributed by atoms with E-state index >= 15 is 0 Å². The summed E-state index contributed by atoms with van der Waals surface area (Å²) < 4.78 is 1.98. The van der Waals surface area contributed by atoms with E-state index in [-0.39, 0.29) is 11.7 Å². The maximum Gasteiger partial charge on any atom is 0.291 e. The van der Waals surface area contributed by atoms with Crippen molar-refractivity contribution in [3.05, 3.63) is 34.5 Å². The third kappa shape index (κ3) is 4.16. The van der Waals surface area contributed by atoms with Crippen LogP contribution in [0.25, 0.3) is 0 Å². The molecular formula is C20H31N7O. The number of carbonyl (C=O) groups is 1. The van der Waals surface area contributed by atoms with E-state index in [0.29, 0.717) is 6.04 Å². The van der Waals surface area contributed by atoms with Gasteiger partial charge in [-0.2, -0.15) is 5.10 Å². The molecule has 1 aliphatic heterocycles. The minimum atomic E-state index is -0.165. The van der Waals surface area contributed by atoms with Gasteiger partial charge >= 0.3 is 0 Å². The lowest BCUT2D eigenvalue weighted by Gasteiger charge is -2.22. The van der Waals surface area contributed by atoms with E-state index in [1.807, 2.05) is 18.5 Å². The van der Waals surface area contributed by atoms with Crippen LogP contribution >= 0.6 is 0 Å². The number of anilines is 1. The Kier molecular flexibility index (Phi) is 5.98. The van der Waals surface area contributed by atoms with E-state index in [1.54, 1.807) is 14.1 Å². The van der Waals surface area contributed by atoms with E-state index < -0.39 is 0 Å². The first kappa shape index (κ1) is 20.3. The van der Waals surface area contributed by atoms with Crippen LogP contribution in [0.4, 0.5) is 5.82 Å². The van der Waals surface area contributed by atoms with Gasteiger partial charge in [-0.3, -0.25) is 9.48 Å². The zero-order chi connectivity index (χ0) is 20.4. The average Bonchev–Trinajstić information content (AvgIpc) is 3.27. The van der Waals surface area contributed by atoms with E-state index in [4.69, 9.17) is 0 Å². The highest BCUT2D eigenvalue weighted by Crippen LogP contribution is 2.24. The zero-order valence-corrected chi connectivity index (χ0v) is 17.8. The molecule has 1 N–H and O–H groups in total. The molecule has 3 heterocycles. The zero-order valence-electron chi connectivity index (χ0n) is 17.8. The average molecular weight is 386 g/mol. The molecule has 0 radical (unpaired) electrons. The molecule has 1 aliphatic rings. The molecule has 2 aromatic rings. The predicted octanol–water partition coefficient (Wildman–Crippen LogP) is 1.69. The highest BCUT2D eigenvalue weighted by Gasteiger charge is 2.26. The molecule has 0 spiro atoms. The smallest absolute Gasteiger partial charge is 0.291 e. The Morgan fingerprint density at radius 3 is 2.64 bits per heavy atom. The fraction of sp³-hybridized carbons (Fsp3) is 0.600. The normalized spacial score (nSPS) is 16.6. The van der Waals surface area contributed by atoms with Gasteiger partial charge in [0.15, 0.2) is 0 Å². The number of hydrogen-bond acceptors (Lipinski definition) is 6. The standard InChI is InChI=1S/C20H31N7O/c1-7-27-11-16(15(4)24-27)10-21-17-8-9-26(12-17)19-13(2)14(3)22-18(23-19)20(28)25(5)6/h11,17,21H,7-10,12H2,1-6H3/t17-/m1/s1. The van der Waals surface area contributed by atoms with E-state index in [9.17, 15) is 4.79 Å². The fourth-order valence-electron chi connectivity index (χ4n) is 3.49. The third-order valence-corrected chi connectivity index (χ3v) is 5.40. The molecular weight excluding hydrogens is 354 g/mol. The monoisotopic (exact) mass is 385 g/mol. The van der Waals surface area contributed by atoms with Gasteiger partial charge in [0.2, 0.25) is 5.82 Å². The Bertz CT molecular complexity index is 858. The molecule has 8 nitrogen and oxygen atoms in total. The highest BCUT2D eigenvalue weighted by atomic mass is 16.2. The molecule has 0 aromatic carbocycles. The molecule has 0 saturated carbocycles. The molecule has 1 atom stereocenters. The molecule has 1 amide bonds. The minimum absolute atomic E-state index is 0.165. The Morgan fingerprint density at radius 2 is 2.00 bits per heavy atom. The van der Waals surface area contributed by atoms with Crippen LogP contribution in [-0.2, 0) is 13.1 Å². The summed E-state index contributed by atoms with van der Waals surface area (Å²) in [7, 11) is 3.44. The van der Waals surface area contributed by atoms with Crippen molar-refractivity contribution in [2.45, 2.75) is 53.2 Å². The lowest BCUT2D eigenvalue weighted by Crippen LogP contribution is -2.33. The molecule has 8 heteroatoms. The summed E-state index contributed by atoms with van der Waals surface area (Å²) in [5.41, 5.74) is 4.22. The molecule has 3 rings (SSSR count). The highest BCUT2D eigenvalue weighted by molar-refractivity contribution is 5.90. The number of hydrogen-bond donors (Lipinski definition) is 1. The second kappa shape index (κ2) is 8.26. The van der Waals surface area contributed by atoms with Crippen molar-refractivity contribution in [2.24, 2.45) is 0 Å². The first-order valence-corrected chi connectivity index (χ1v) is 9.88. The van der Waals surface area contributed by atoms with Crippen LogP contribution in [0.3, 0.4) is 0 Å². The summed E-state index contributed by atoms with van der Waals surface area (Å²) in [6.07, 6.45) is 3.16. The Morgan fingerprint density at radius 1 is 1.25 bits per heavy atom. The van der Waals surface area contributed by atoms with Crippen LogP contribution in [0, 0.1) is 20.8 Å². The van der Waals surface area contributed by atoms with E-state index in [1.165, 1.54) is 10.5 Å². The largest absolute Gasteiger partial charge is 0.355 e. The quantitative estimate of drug-likeness (QED) is 0.815. The van der Waals surface area contributed by atoms with Crippen LogP contribution in [0.2, 0.25) is 0 Å². The van der Waals surface area contributed by atoms with Crippen LogP contribution in [0.1, 0.15) is 46.5 Å². The lowest BCUT2D eigenvalue weighted by molar-refractivity contribution is 0.0815. The van der Waals surface area contributed by atoms with Gasteiger partial charge in [0.1, 0.15) is 5.82 Å². The van der Waals surface area contributed by atoms with Crippen molar-refractivity contribution in [3.8, 4) is 0 Å². The van der Waals surface area contributed by atoms with Crippen LogP contribution in [0.15, 0.2) is 6.20 Å². The van der Waals surface area contributed by atoms with E-state index in [0.717, 1.165) is 55.4 Å². The Balaban J connectivity index is 1.69. The number of nitrogens with zero attached hydrogens (tertiary/aromatic N) is 6. The van der Waals surface area contributed by atoms with Gasteiger partial charge in [0.25, 0.3) is 5.91 Å². The maximum absolute atomic E-state index is 12.3. The van der Waals surface area contributed by atoms with Crippen molar-refractivity contribution < 1.29 is 4.79 Å². The Labute approximate surface area is 167 Å². The number of amides is 1. The van der Waals surface area contributed by atoms with Gasteiger partial charge < -0.3 is 15.1 Å². The van der Waals surface area contributed by atoms with Crippen LogP contribution < -0.4 is 10.2 Å². The number of aryl methyl sites for hydroxylation is 3. The summed E-state index contributed by atoms with van der Waals surface area (Å²) >= 11 is 0. The molecule has 0 aliphatic carbocycles. The van der Waals surface area contributed by atoms with Crippen LogP contribution in [0.5, 0.6) is 0 Å². The molecule has 1 saturated heterocycles. The number of rotatable bonds is 6. The molecule has 1 fully saturated rings. The van der Waals surface area contributed by atoms with E-state index in [2.05, 4.69) is 45.3 Å². The molecule has 152 valence electrons. The molecule has 0 unspecified atom stereocenters. The summed E-state index contributed by atoms with van der Waals surface area (Å²) in [5, 5.41) is 8.16. The first-order valence-electron chi connectivity index (χ1n) is 9.88. The third-order valence-electron chi connectivity index (χ3n) is 5.40. The van der Waals surface area contributed by atoms with Gasteiger partial charge in [-0.05, 0) is 34.1 Å². The molecule has 28 heavy (non-hydrogen) atoms. The SMILES string of the molecule is CCn1cc(CN[C@@H]2CCN(c3nc(C(=O)N(C)C)nc(C)c3C)C2)c(C)n1. The van der Waals surface area contributed by atoms with Crippen LogP contribution in [-0.4, -0.2) is 63.8 Å². The summed E-state index contributed by atoms with van der Waals surface area (Å²) in [6, 6.07) is 0.382. The van der Waals surface area contributed by atoms with Crippen molar-refractivity contribution in [1.82, 2.24) is 30.0 Å². The van der Waals surface area contributed by atoms with Gasteiger partial charge in [0.05, 0.1) is 5.69 Å². The number of carbonyl (C=O) groups excluding carboxylic acids is 1. The minimum Gasteiger partial charge on any atom is -0.355 e. The van der Waals surface area contributed by atoms with Crippen molar-refractivity contribution in [2.75, 3.05) is 32.1 Å². The molecule has 0 bridgehead atoms. The Hall–Kier alpha value is -2.48. The van der Waals surface area contributed by atoms with Crippen molar-refractivity contribution >= 4 is 11.7 Å². The van der Waals surface area contributed by atoms with Crippen molar-refractivity contribution in [1.29, 1.82) is 0 Å².